The number of rotatable bonds is 3. The maximum absolute atomic E-state index is 12.1. The van der Waals surface area contributed by atoms with Gasteiger partial charge in [-0.3, -0.25) is 4.79 Å². The molecule has 0 radical (unpaired) electrons. The fourth-order valence-corrected chi connectivity index (χ4v) is 2.66. The van der Waals surface area contributed by atoms with Crippen molar-refractivity contribution in [1.29, 1.82) is 0 Å². The summed E-state index contributed by atoms with van der Waals surface area (Å²) in [4.78, 5) is 21.7. The van der Waals surface area contributed by atoms with E-state index in [9.17, 15) is 4.79 Å². The van der Waals surface area contributed by atoms with Gasteiger partial charge in [-0.05, 0) is 31.5 Å². The highest BCUT2D eigenvalue weighted by atomic mass is 32.1. The SMILES string of the molecule is Cc1nccc(CNC(=O)c2cc(C)c(C#CCO)s2)n1. The lowest BCUT2D eigenvalue weighted by atomic mass is 10.2. The third-order valence-corrected chi connectivity index (χ3v) is 3.84. The first-order chi connectivity index (χ1) is 10.1. The van der Waals surface area contributed by atoms with Gasteiger partial charge in [0.1, 0.15) is 12.4 Å². The van der Waals surface area contributed by atoms with Crippen molar-refractivity contribution in [2.75, 3.05) is 6.61 Å². The quantitative estimate of drug-likeness (QED) is 0.841. The van der Waals surface area contributed by atoms with E-state index >= 15 is 0 Å². The minimum absolute atomic E-state index is 0.156. The molecule has 0 atom stereocenters. The number of aryl methyl sites for hydroxylation is 2. The topological polar surface area (TPSA) is 75.1 Å². The number of aromatic nitrogens is 2. The van der Waals surface area contributed by atoms with E-state index in [2.05, 4.69) is 27.1 Å². The van der Waals surface area contributed by atoms with Gasteiger partial charge in [0, 0.05) is 6.20 Å². The molecule has 5 nitrogen and oxygen atoms in total. The summed E-state index contributed by atoms with van der Waals surface area (Å²) in [6.45, 7) is 3.87. The van der Waals surface area contributed by atoms with Gasteiger partial charge in [0.2, 0.25) is 0 Å². The van der Waals surface area contributed by atoms with Gasteiger partial charge in [-0.25, -0.2) is 9.97 Å². The second kappa shape index (κ2) is 6.97. The van der Waals surface area contributed by atoms with Crippen LogP contribution in [0.1, 0.15) is 31.6 Å². The summed E-state index contributed by atoms with van der Waals surface area (Å²) < 4.78 is 0. The van der Waals surface area contributed by atoms with Crippen LogP contribution in [0.15, 0.2) is 18.3 Å². The molecule has 0 bridgehead atoms. The minimum atomic E-state index is -0.189. The third-order valence-electron chi connectivity index (χ3n) is 2.69. The molecule has 2 aromatic heterocycles. The number of carbonyl (C=O) groups excluding carboxylic acids is 1. The van der Waals surface area contributed by atoms with Crippen molar-refractivity contribution < 1.29 is 9.90 Å². The Kier molecular flexibility index (Phi) is 5.04. The van der Waals surface area contributed by atoms with E-state index in [4.69, 9.17) is 5.11 Å². The average molecular weight is 301 g/mol. The van der Waals surface area contributed by atoms with E-state index in [0.717, 1.165) is 16.1 Å². The van der Waals surface area contributed by atoms with Crippen LogP contribution in [0.4, 0.5) is 0 Å². The van der Waals surface area contributed by atoms with Gasteiger partial charge in [-0.15, -0.1) is 11.3 Å². The van der Waals surface area contributed by atoms with E-state index in [1.807, 2.05) is 6.92 Å². The third kappa shape index (κ3) is 4.12. The van der Waals surface area contributed by atoms with Gasteiger partial charge in [0.25, 0.3) is 5.91 Å². The fourth-order valence-electron chi connectivity index (χ4n) is 1.70. The van der Waals surface area contributed by atoms with Gasteiger partial charge < -0.3 is 10.4 Å². The number of aliphatic hydroxyl groups excluding tert-OH is 1. The highest BCUT2D eigenvalue weighted by molar-refractivity contribution is 7.14. The monoisotopic (exact) mass is 301 g/mol. The zero-order valence-corrected chi connectivity index (χ0v) is 12.6. The van der Waals surface area contributed by atoms with E-state index < -0.39 is 0 Å². The molecule has 108 valence electrons. The van der Waals surface area contributed by atoms with Crippen LogP contribution in [0.3, 0.4) is 0 Å². The minimum Gasteiger partial charge on any atom is -0.384 e. The Morgan fingerprint density at radius 1 is 1.48 bits per heavy atom. The van der Waals surface area contributed by atoms with Crippen LogP contribution in [0.2, 0.25) is 0 Å². The van der Waals surface area contributed by atoms with Crippen molar-refractivity contribution in [2.24, 2.45) is 0 Å². The Balaban J connectivity index is 2.04. The number of thiophene rings is 1. The molecule has 1 amide bonds. The second-order valence-corrected chi connectivity index (χ2v) is 5.41. The van der Waals surface area contributed by atoms with Crippen LogP contribution in [0, 0.1) is 25.7 Å². The van der Waals surface area contributed by atoms with Crippen LogP contribution in [0.5, 0.6) is 0 Å². The van der Waals surface area contributed by atoms with Crippen molar-refractivity contribution in [3.05, 3.63) is 45.2 Å². The lowest BCUT2D eigenvalue weighted by Crippen LogP contribution is -2.22. The van der Waals surface area contributed by atoms with Crippen LogP contribution < -0.4 is 5.32 Å². The molecule has 0 fully saturated rings. The summed E-state index contributed by atoms with van der Waals surface area (Å²) >= 11 is 1.32. The molecule has 0 unspecified atom stereocenters. The number of hydrogen-bond acceptors (Lipinski definition) is 5. The van der Waals surface area contributed by atoms with Crippen molar-refractivity contribution in [2.45, 2.75) is 20.4 Å². The maximum atomic E-state index is 12.1. The number of aliphatic hydroxyl groups is 1. The molecule has 0 saturated heterocycles. The van der Waals surface area contributed by atoms with Gasteiger partial charge in [-0.1, -0.05) is 11.8 Å². The largest absolute Gasteiger partial charge is 0.384 e. The molecule has 0 aliphatic heterocycles. The normalized spacial score (nSPS) is 9.86. The van der Waals surface area contributed by atoms with E-state index in [0.29, 0.717) is 17.2 Å². The van der Waals surface area contributed by atoms with E-state index in [-0.39, 0.29) is 12.5 Å². The molecule has 0 spiro atoms. The smallest absolute Gasteiger partial charge is 0.261 e. The first-order valence-electron chi connectivity index (χ1n) is 6.37. The summed E-state index contributed by atoms with van der Waals surface area (Å²) in [5.74, 6) is 5.95. The summed E-state index contributed by atoms with van der Waals surface area (Å²) in [6.07, 6.45) is 1.67. The summed E-state index contributed by atoms with van der Waals surface area (Å²) in [7, 11) is 0. The predicted octanol–water partition coefficient (Wildman–Crippen LogP) is 1.43. The first-order valence-corrected chi connectivity index (χ1v) is 7.18. The molecule has 0 saturated carbocycles. The molecular formula is C15H15N3O2S. The Labute approximate surface area is 127 Å². The molecule has 6 heteroatoms. The van der Waals surface area contributed by atoms with Gasteiger partial charge >= 0.3 is 0 Å². The maximum Gasteiger partial charge on any atom is 0.261 e. The molecule has 21 heavy (non-hydrogen) atoms. The van der Waals surface area contributed by atoms with E-state index in [1.54, 1.807) is 25.3 Å². The standard InChI is InChI=1S/C15H15N3O2S/c1-10-8-14(21-13(10)4-3-7-19)15(20)17-9-12-5-6-16-11(2)18-12/h5-6,8,19H,7,9H2,1-2H3,(H,17,20). The highest BCUT2D eigenvalue weighted by Crippen LogP contribution is 2.20. The Morgan fingerprint density at radius 3 is 3.00 bits per heavy atom. The van der Waals surface area contributed by atoms with Crippen molar-refractivity contribution in [3.8, 4) is 11.8 Å². The van der Waals surface area contributed by atoms with Crippen LogP contribution in [-0.2, 0) is 6.54 Å². The van der Waals surface area contributed by atoms with E-state index in [1.165, 1.54) is 11.3 Å². The molecule has 2 N–H and O–H groups in total. The molecule has 2 heterocycles. The predicted molar refractivity (Wildman–Crippen MR) is 81.0 cm³/mol. The number of amides is 1. The highest BCUT2D eigenvalue weighted by Gasteiger charge is 2.11. The summed E-state index contributed by atoms with van der Waals surface area (Å²) in [5, 5.41) is 11.5. The Bertz CT molecular complexity index is 713. The molecule has 2 aromatic rings. The number of nitrogens with one attached hydrogen (secondary N) is 1. The van der Waals surface area contributed by atoms with Crippen LogP contribution in [0.25, 0.3) is 0 Å². The Hall–Kier alpha value is -2.23. The fraction of sp³-hybridized carbons (Fsp3) is 0.267. The summed E-state index contributed by atoms with van der Waals surface area (Å²) in [6, 6.07) is 3.57. The number of hydrogen-bond donors (Lipinski definition) is 2. The first kappa shape index (κ1) is 15.2. The number of nitrogens with zero attached hydrogens (tertiary/aromatic N) is 2. The molecular weight excluding hydrogens is 286 g/mol. The van der Waals surface area contributed by atoms with Crippen LogP contribution in [-0.4, -0.2) is 27.6 Å². The Morgan fingerprint density at radius 2 is 2.29 bits per heavy atom. The van der Waals surface area contributed by atoms with Crippen molar-refractivity contribution in [1.82, 2.24) is 15.3 Å². The molecule has 0 aliphatic carbocycles. The van der Waals surface area contributed by atoms with Gasteiger partial charge in [0.05, 0.1) is 22.0 Å². The zero-order valence-electron chi connectivity index (χ0n) is 11.8. The summed E-state index contributed by atoms with van der Waals surface area (Å²) in [5.41, 5.74) is 1.70. The second-order valence-electron chi connectivity index (χ2n) is 4.36. The number of carbonyl (C=O) groups is 1. The van der Waals surface area contributed by atoms with Crippen molar-refractivity contribution in [3.63, 3.8) is 0 Å². The zero-order chi connectivity index (χ0) is 15.2. The molecule has 2 rings (SSSR count). The van der Waals surface area contributed by atoms with Gasteiger partial charge in [-0.2, -0.15) is 0 Å². The van der Waals surface area contributed by atoms with Crippen molar-refractivity contribution >= 4 is 17.2 Å². The average Bonchev–Trinajstić information content (AvgIpc) is 2.84. The molecule has 0 aliphatic rings. The lowest BCUT2D eigenvalue weighted by molar-refractivity contribution is 0.0954. The molecule has 0 aromatic carbocycles. The van der Waals surface area contributed by atoms with Crippen LogP contribution >= 0.6 is 11.3 Å². The lowest BCUT2D eigenvalue weighted by Gasteiger charge is -2.03. The van der Waals surface area contributed by atoms with Gasteiger partial charge in [0.15, 0.2) is 0 Å².